The minimum Gasteiger partial charge on any atom is -0.328 e. The van der Waals surface area contributed by atoms with Gasteiger partial charge in [-0.3, -0.25) is 0 Å². The predicted octanol–water partition coefficient (Wildman–Crippen LogP) is 4.01. The van der Waals surface area contributed by atoms with Crippen LogP contribution in [0.1, 0.15) is 38.3 Å². The maximum Gasteiger partial charge on any atom is 0.416 e. The van der Waals surface area contributed by atoms with Crippen LogP contribution in [0.5, 0.6) is 0 Å². The molecule has 2 N–H and O–H groups in total. The van der Waals surface area contributed by atoms with Gasteiger partial charge in [0.2, 0.25) is 0 Å². The molecular weight excluding hydrogens is 239 g/mol. The van der Waals surface area contributed by atoms with Crippen LogP contribution in [0.2, 0.25) is 0 Å². The Morgan fingerprint density at radius 3 is 2.33 bits per heavy atom. The Labute approximate surface area is 106 Å². The fraction of sp³-hybridized carbons (Fsp3) is 0.571. The lowest BCUT2D eigenvalue weighted by Gasteiger charge is -2.27. The second-order valence-electron chi connectivity index (χ2n) is 5.72. The summed E-state index contributed by atoms with van der Waals surface area (Å²) in [6.45, 7) is 5.96. The molecular formula is C14H20F3N. The molecule has 0 saturated heterocycles. The highest BCUT2D eigenvalue weighted by atomic mass is 19.4. The topological polar surface area (TPSA) is 26.0 Å². The highest BCUT2D eigenvalue weighted by Crippen LogP contribution is 2.32. The number of hydrogen-bond donors (Lipinski definition) is 1. The van der Waals surface area contributed by atoms with E-state index in [4.69, 9.17) is 5.73 Å². The van der Waals surface area contributed by atoms with Gasteiger partial charge in [0, 0.05) is 6.04 Å². The van der Waals surface area contributed by atoms with E-state index in [0.29, 0.717) is 12.0 Å². The lowest BCUT2D eigenvalue weighted by Crippen LogP contribution is -2.26. The van der Waals surface area contributed by atoms with Crippen molar-refractivity contribution in [1.29, 1.82) is 0 Å². The van der Waals surface area contributed by atoms with Gasteiger partial charge in [-0.1, -0.05) is 32.0 Å². The first-order chi connectivity index (χ1) is 8.10. The van der Waals surface area contributed by atoms with Crippen molar-refractivity contribution in [3.63, 3.8) is 0 Å². The molecule has 0 heterocycles. The number of nitrogens with two attached hydrogens (primary N) is 1. The van der Waals surface area contributed by atoms with Crippen molar-refractivity contribution in [2.75, 3.05) is 0 Å². The molecule has 0 aromatic heterocycles. The van der Waals surface area contributed by atoms with E-state index >= 15 is 0 Å². The Kier molecular flexibility index (Phi) is 4.43. The van der Waals surface area contributed by atoms with Gasteiger partial charge >= 0.3 is 6.18 Å². The Morgan fingerprint density at radius 2 is 1.83 bits per heavy atom. The predicted molar refractivity (Wildman–Crippen MR) is 67.2 cm³/mol. The molecule has 0 fully saturated rings. The zero-order valence-electron chi connectivity index (χ0n) is 11.0. The average Bonchev–Trinajstić information content (AvgIpc) is 2.13. The van der Waals surface area contributed by atoms with Gasteiger partial charge in [-0.15, -0.1) is 0 Å². The van der Waals surface area contributed by atoms with E-state index in [-0.39, 0.29) is 11.5 Å². The van der Waals surface area contributed by atoms with Crippen molar-refractivity contribution in [3.05, 3.63) is 35.4 Å². The molecule has 0 aliphatic heterocycles. The molecule has 0 aliphatic rings. The van der Waals surface area contributed by atoms with Crippen molar-refractivity contribution < 1.29 is 13.2 Å². The molecule has 1 nitrogen and oxygen atoms in total. The Bertz CT molecular complexity index is 394. The van der Waals surface area contributed by atoms with Gasteiger partial charge in [0.1, 0.15) is 0 Å². The molecule has 0 aliphatic carbocycles. The van der Waals surface area contributed by atoms with Crippen LogP contribution in [0.15, 0.2) is 24.3 Å². The lowest BCUT2D eigenvalue weighted by atomic mass is 9.80. The normalized spacial score (nSPS) is 14.6. The molecule has 0 bridgehead atoms. The monoisotopic (exact) mass is 259 g/mol. The Hall–Kier alpha value is -1.03. The van der Waals surface area contributed by atoms with E-state index in [2.05, 4.69) is 0 Å². The number of benzene rings is 1. The summed E-state index contributed by atoms with van der Waals surface area (Å²) in [5.41, 5.74) is 5.77. The summed E-state index contributed by atoms with van der Waals surface area (Å²) in [6.07, 6.45) is -2.90. The second-order valence-corrected chi connectivity index (χ2v) is 5.72. The first kappa shape index (κ1) is 15.0. The van der Waals surface area contributed by atoms with E-state index in [1.807, 2.05) is 20.8 Å². The third-order valence-electron chi connectivity index (χ3n) is 2.81. The molecule has 4 heteroatoms. The first-order valence-electron chi connectivity index (χ1n) is 6.02. The van der Waals surface area contributed by atoms with Crippen molar-refractivity contribution in [2.24, 2.45) is 11.1 Å². The van der Waals surface area contributed by atoms with Gasteiger partial charge < -0.3 is 5.73 Å². The molecule has 1 aromatic carbocycles. The fourth-order valence-corrected chi connectivity index (χ4v) is 2.35. The van der Waals surface area contributed by atoms with Crippen molar-refractivity contribution in [3.8, 4) is 0 Å². The highest BCUT2D eigenvalue weighted by molar-refractivity contribution is 5.26. The maximum absolute atomic E-state index is 12.6. The standard InChI is InChI=1S/C14H20F3N/c1-10(18)8-13(2,3)9-11-5-4-6-12(7-11)14(15,16)17/h4-7,10H,8-9,18H2,1-3H3. The molecule has 102 valence electrons. The molecule has 1 unspecified atom stereocenters. The molecule has 0 radical (unpaired) electrons. The van der Waals surface area contributed by atoms with Gasteiger partial charge in [0.15, 0.2) is 0 Å². The van der Waals surface area contributed by atoms with Gasteiger partial charge in [-0.25, -0.2) is 0 Å². The second kappa shape index (κ2) is 5.31. The molecule has 1 rings (SSSR count). The molecule has 18 heavy (non-hydrogen) atoms. The summed E-state index contributed by atoms with van der Waals surface area (Å²) in [7, 11) is 0. The van der Waals surface area contributed by atoms with Crippen molar-refractivity contribution >= 4 is 0 Å². The zero-order valence-corrected chi connectivity index (χ0v) is 11.0. The van der Waals surface area contributed by atoms with Crippen molar-refractivity contribution in [1.82, 2.24) is 0 Å². The lowest BCUT2D eigenvalue weighted by molar-refractivity contribution is -0.137. The van der Waals surface area contributed by atoms with Crippen LogP contribution >= 0.6 is 0 Å². The largest absolute Gasteiger partial charge is 0.416 e. The average molecular weight is 259 g/mol. The quantitative estimate of drug-likeness (QED) is 0.868. The van der Waals surface area contributed by atoms with Crippen molar-refractivity contribution in [2.45, 2.75) is 45.8 Å². The number of halogens is 3. The van der Waals surface area contributed by atoms with Crippen LogP contribution in [-0.2, 0) is 12.6 Å². The van der Waals surface area contributed by atoms with Gasteiger partial charge in [0.05, 0.1) is 5.56 Å². The molecule has 0 spiro atoms. The van der Waals surface area contributed by atoms with Crippen LogP contribution in [0.4, 0.5) is 13.2 Å². The minimum absolute atomic E-state index is 0.0470. The fourth-order valence-electron chi connectivity index (χ4n) is 2.35. The van der Waals surface area contributed by atoms with Crippen LogP contribution in [0.25, 0.3) is 0 Å². The maximum atomic E-state index is 12.6. The Balaban J connectivity index is 2.85. The number of rotatable bonds is 4. The number of hydrogen-bond acceptors (Lipinski definition) is 1. The van der Waals surface area contributed by atoms with Crippen LogP contribution < -0.4 is 5.73 Å². The third kappa shape index (κ3) is 4.69. The summed E-state index contributed by atoms with van der Waals surface area (Å²) < 4.78 is 37.8. The first-order valence-corrected chi connectivity index (χ1v) is 6.02. The summed E-state index contributed by atoms with van der Waals surface area (Å²) in [5, 5.41) is 0. The number of alkyl halides is 3. The highest BCUT2D eigenvalue weighted by Gasteiger charge is 2.31. The SMILES string of the molecule is CC(N)CC(C)(C)Cc1cccc(C(F)(F)F)c1. The summed E-state index contributed by atoms with van der Waals surface area (Å²) in [5.74, 6) is 0. The van der Waals surface area contributed by atoms with Crippen LogP contribution in [0, 0.1) is 5.41 Å². The Morgan fingerprint density at radius 1 is 1.22 bits per heavy atom. The van der Waals surface area contributed by atoms with Crippen LogP contribution in [0.3, 0.4) is 0 Å². The minimum atomic E-state index is -4.28. The summed E-state index contributed by atoms with van der Waals surface area (Å²) in [4.78, 5) is 0. The van der Waals surface area contributed by atoms with E-state index in [1.54, 1.807) is 6.07 Å². The van der Waals surface area contributed by atoms with E-state index in [1.165, 1.54) is 12.1 Å². The smallest absolute Gasteiger partial charge is 0.328 e. The van der Waals surface area contributed by atoms with E-state index < -0.39 is 11.7 Å². The molecule has 0 amide bonds. The summed E-state index contributed by atoms with van der Waals surface area (Å²) >= 11 is 0. The summed E-state index contributed by atoms with van der Waals surface area (Å²) in [6, 6.07) is 5.56. The van der Waals surface area contributed by atoms with Gasteiger partial charge in [-0.2, -0.15) is 13.2 Å². The molecule has 1 aromatic rings. The van der Waals surface area contributed by atoms with E-state index in [9.17, 15) is 13.2 Å². The van der Waals surface area contributed by atoms with Gasteiger partial charge in [0.25, 0.3) is 0 Å². The van der Waals surface area contributed by atoms with Crippen LogP contribution in [-0.4, -0.2) is 6.04 Å². The van der Waals surface area contributed by atoms with E-state index in [0.717, 1.165) is 12.5 Å². The molecule has 1 atom stereocenters. The zero-order chi connectivity index (χ0) is 14.0. The van der Waals surface area contributed by atoms with Gasteiger partial charge in [-0.05, 0) is 36.8 Å². The third-order valence-corrected chi connectivity index (χ3v) is 2.81. The molecule has 0 saturated carbocycles.